The molecule has 0 saturated carbocycles. The highest BCUT2D eigenvalue weighted by Gasteiger charge is 2.37. The van der Waals surface area contributed by atoms with Gasteiger partial charge in [-0.3, -0.25) is 33.8 Å². The van der Waals surface area contributed by atoms with Crippen molar-refractivity contribution in [2.75, 3.05) is 6.54 Å². The summed E-state index contributed by atoms with van der Waals surface area (Å²) in [6.07, 6.45) is 1.84. The van der Waals surface area contributed by atoms with Gasteiger partial charge in [0, 0.05) is 13.0 Å². The fourth-order valence-corrected chi connectivity index (χ4v) is 5.65. The van der Waals surface area contributed by atoms with Gasteiger partial charge in [0.15, 0.2) is 5.96 Å². The molecule has 15 heteroatoms. The van der Waals surface area contributed by atoms with Crippen molar-refractivity contribution in [1.29, 1.82) is 0 Å². The minimum atomic E-state index is -1.12. The van der Waals surface area contributed by atoms with E-state index >= 15 is 0 Å². The van der Waals surface area contributed by atoms with Crippen molar-refractivity contribution in [3.63, 3.8) is 0 Å². The highest BCUT2D eigenvalue weighted by molar-refractivity contribution is 5.98. The zero-order valence-corrected chi connectivity index (χ0v) is 31.1. The smallest absolute Gasteiger partial charge is 0.243 e. The van der Waals surface area contributed by atoms with Crippen LogP contribution in [-0.4, -0.2) is 84.2 Å². The summed E-state index contributed by atoms with van der Waals surface area (Å²) in [7, 11) is 0. The average molecular weight is 714 g/mol. The number of benzene rings is 1. The molecule has 1 aromatic rings. The van der Waals surface area contributed by atoms with E-state index in [1.54, 1.807) is 0 Å². The molecular weight excluding hydrogens is 654 g/mol. The van der Waals surface area contributed by atoms with Crippen molar-refractivity contribution in [2.24, 2.45) is 34.2 Å². The topological polar surface area (TPSA) is 239 Å². The van der Waals surface area contributed by atoms with E-state index in [-0.39, 0.29) is 49.5 Å². The van der Waals surface area contributed by atoms with Crippen LogP contribution in [0.1, 0.15) is 86.1 Å². The Morgan fingerprint density at radius 2 is 1.16 bits per heavy atom. The van der Waals surface area contributed by atoms with Crippen LogP contribution in [0.25, 0.3) is 0 Å². The first-order chi connectivity index (χ1) is 24.1. The summed E-state index contributed by atoms with van der Waals surface area (Å²) in [5, 5.41) is 16.7. The van der Waals surface area contributed by atoms with Crippen molar-refractivity contribution in [3.8, 4) is 0 Å². The number of rotatable bonds is 12. The van der Waals surface area contributed by atoms with Gasteiger partial charge in [0.05, 0.1) is 0 Å². The number of carbonyl (C=O) groups excluding carboxylic acids is 6. The summed E-state index contributed by atoms with van der Waals surface area (Å²) in [6, 6.07) is 2.61. The molecule has 0 aliphatic carbocycles. The number of nitrogens with one attached hydrogen (secondary N) is 6. The minimum Gasteiger partial charge on any atom is -0.370 e. The Bertz CT molecular complexity index is 1370. The molecular formula is C36H59N9O6. The van der Waals surface area contributed by atoms with Gasteiger partial charge < -0.3 is 43.4 Å². The highest BCUT2D eigenvalue weighted by atomic mass is 16.2. The summed E-state index contributed by atoms with van der Waals surface area (Å²) in [5.41, 5.74) is 11.7. The Balaban J connectivity index is 2.62. The summed E-state index contributed by atoms with van der Waals surface area (Å²) in [5.74, 6) is -4.42. The van der Waals surface area contributed by atoms with Crippen LogP contribution in [0.3, 0.4) is 0 Å². The monoisotopic (exact) mass is 713 g/mol. The van der Waals surface area contributed by atoms with Crippen molar-refractivity contribution in [2.45, 2.75) is 123 Å². The number of guanidine groups is 1. The highest BCUT2D eigenvalue weighted by Crippen LogP contribution is 2.15. The molecule has 0 bridgehead atoms. The molecule has 8 atom stereocenters. The molecule has 10 N–H and O–H groups in total. The quantitative estimate of drug-likeness (QED) is 0.0853. The lowest BCUT2D eigenvalue weighted by molar-refractivity contribution is -0.137. The number of nitrogens with two attached hydrogens (primary N) is 2. The lowest BCUT2D eigenvalue weighted by Gasteiger charge is -2.32. The van der Waals surface area contributed by atoms with E-state index in [2.05, 4.69) is 36.9 Å². The number of aliphatic imine (C=N–C) groups is 1. The van der Waals surface area contributed by atoms with Crippen LogP contribution in [0.15, 0.2) is 35.3 Å². The van der Waals surface area contributed by atoms with Gasteiger partial charge in [-0.15, -0.1) is 0 Å². The van der Waals surface area contributed by atoms with Gasteiger partial charge >= 0.3 is 0 Å². The minimum absolute atomic E-state index is 0.0257. The first kappa shape index (κ1) is 42.5. The molecule has 1 aliphatic heterocycles. The van der Waals surface area contributed by atoms with Gasteiger partial charge in [-0.25, -0.2) is 0 Å². The SMILES string of the molecule is CC[C@H](C)[C@@H]1NC(=O)[C@H](CC(C)C)NC(=O)[C@H](CCCN=C(N)N)NC(=O)[C@H](C)NC(=O)[C@H](Cc2ccccc2)NC(=O)[C@H]([C@@H](C)CC)NC1=O. The number of carbonyl (C=O) groups is 6. The maximum absolute atomic E-state index is 13.9. The summed E-state index contributed by atoms with van der Waals surface area (Å²) < 4.78 is 0. The Kier molecular flexibility index (Phi) is 17.4. The molecule has 0 radical (unpaired) electrons. The molecule has 1 fully saturated rings. The molecule has 1 heterocycles. The number of hydrogen-bond acceptors (Lipinski definition) is 7. The molecule has 15 nitrogen and oxygen atoms in total. The largest absolute Gasteiger partial charge is 0.370 e. The van der Waals surface area contributed by atoms with Gasteiger partial charge in [-0.2, -0.15) is 0 Å². The van der Waals surface area contributed by atoms with Gasteiger partial charge in [0.1, 0.15) is 36.3 Å². The molecule has 284 valence electrons. The van der Waals surface area contributed by atoms with Crippen LogP contribution in [0.4, 0.5) is 0 Å². The van der Waals surface area contributed by atoms with Crippen LogP contribution < -0.4 is 43.4 Å². The maximum atomic E-state index is 13.9. The van der Waals surface area contributed by atoms with E-state index in [4.69, 9.17) is 11.5 Å². The molecule has 0 unspecified atom stereocenters. The zero-order valence-electron chi connectivity index (χ0n) is 31.1. The Morgan fingerprint density at radius 1 is 0.667 bits per heavy atom. The molecule has 1 aliphatic rings. The van der Waals surface area contributed by atoms with Gasteiger partial charge in [-0.1, -0.05) is 84.7 Å². The lowest BCUT2D eigenvalue weighted by Crippen LogP contribution is -2.63. The Labute approximate surface area is 301 Å². The van der Waals surface area contributed by atoms with Crippen LogP contribution in [0.2, 0.25) is 0 Å². The van der Waals surface area contributed by atoms with Crippen molar-refractivity contribution in [1.82, 2.24) is 31.9 Å². The average Bonchev–Trinajstić information content (AvgIpc) is 3.08. The third-order valence-corrected chi connectivity index (χ3v) is 9.17. The molecule has 1 aromatic carbocycles. The molecule has 0 spiro atoms. The third kappa shape index (κ3) is 13.9. The predicted octanol–water partition coefficient (Wildman–Crippen LogP) is 0.363. The second kappa shape index (κ2) is 20.9. The van der Waals surface area contributed by atoms with Gasteiger partial charge in [0.25, 0.3) is 0 Å². The lowest BCUT2D eigenvalue weighted by atomic mass is 9.93. The summed E-state index contributed by atoms with van der Waals surface area (Å²) >= 11 is 0. The van der Waals surface area contributed by atoms with E-state index < -0.39 is 71.7 Å². The number of amides is 6. The van der Waals surface area contributed by atoms with E-state index in [9.17, 15) is 28.8 Å². The van der Waals surface area contributed by atoms with E-state index in [0.29, 0.717) is 19.3 Å². The van der Waals surface area contributed by atoms with Crippen LogP contribution in [-0.2, 0) is 35.2 Å². The molecule has 2 rings (SSSR count). The van der Waals surface area contributed by atoms with Crippen molar-refractivity contribution >= 4 is 41.4 Å². The standard InChI is InChI=1S/C36H59N9O6/c1-8-21(5)28-34(50)43-27(19-24-14-11-10-12-15-24)32(48)40-23(7)30(46)41-25(16-13-17-39-36(37)38)31(47)42-26(18-20(3)4)33(49)44-29(22(6)9-2)35(51)45-28/h10-12,14-15,20-23,25-29H,8-9,13,16-19H2,1-7H3,(H,40,48)(H,41,46)(H,42,47)(H,43,50)(H,44,49)(H,45,51)(H4,37,38,39)/t21-,22-,23-,25-,26-,27-,28-,29-/m0/s1. The summed E-state index contributed by atoms with van der Waals surface area (Å²) in [6.45, 7) is 12.8. The fourth-order valence-electron chi connectivity index (χ4n) is 5.65. The van der Waals surface area contributed by atoms with E-state index in [0.717, 1.165) is 5.56 Å². The normalized spacial score (nSPS) is 25.5. The number of nitrogens with zero attached hydrogens (tertiary/aromatic N) is 1. The second-order valence-electron chi connectivity index (χ2n) is 13.9. The Morgan fingerprint density at radius 3 is 1.71 bits per heavy atom. The van der Waals surface area contributed by atoms with Gasteiger partial charge in [0.2, 0.25) is 35.4 Å². The molecule has 0 aromatic heterocycles. The van der Waals surface area contributed by atoms with E-state index in [1.165, 1.54) is 6.92 Å². The third-order valence-electron chi connectivity index (χ3n) is 9.17. The zero-order chi connectivity index (χ0) is 38.2. The molecule has 6 amide bonds. The molecule has 51 heavy (non-hydrogen) atoms. The molecule has 1 saturated heterocycles. The fraction of sp³-hybridized carbons (Fsp3) is 0.639. The summed E-state index contributed by atoms with van der Waals surface area (Å²) in [4.78, 5) is 86.7. The predicted molar refractivity (Wildman–Crippen MR) is 196 cm³/mol. The van der Waals surface area contributed by atoms with Gasteiger partial charge in [-0.05, 0) is 49.5 Å². The second-order valence-corrected chi connectivity index (χ2v) is 13.9. The van der Waals surface area contributed by atoms with Crippen LogP contribution >= 0.6 is 0 Å². The van der Waals surface area contributed by atoms with Crippen molar-refractivity contribution < 1.29 is 28.8 Å². The first-order valence-electron chi connectivity index (χ1n) is 18.0. The van der Waals surface area contributed by atoms with E-state index in [1.807, 2.05) is 71.9 Å². The van der Waals surface area contributed by atoms with Crippen LogP contribution in [0.5, 0.6) is 0 Å². The van der Waals surface area contributed by atoms with Crippen molar-refractivity contribution in [3.05, 3.63) is 35.9 Å². The number of hydrogen-bond donors (Lipinski definition) is 8. The van der Waals surface area contributed by atoms with Crippen LogP contribution in [0, 0.1) is 17.8 Å². The first-order valence-corrected chi connectivity index (χ1v) is 18.0. The Hall–Kier alpha value is -4.69. The maximum Gasteiger partial charge on any atom is 0.243 e.